The molecule has 0 rings (SSSR count). The van der Waals surface area contributed by atoms with Crippen LogP contribution in [-0.4, -0.2) is 31.4 Å². The topological polar surface area (TPSA) is 33.3 Å². The molecule has 0 bridgehead atoms. The maximum absolute atomic E-state index is 5.08. The molecule has 13 heavy (non-hydrogen) atoms. The summed E-state index contributed by atoms with van der Waals surface area (Å²) in [4.78, 5) is 0. The van der Waals surface area contributed by atoms with E-state index in [9.17, 15) is 0 Å². The van der Waals surface area contributed by atoms with Crippen molar-refractivity contribution in [2.75, 3.05) is 20.2 Å². The van der Waals surface area contributed by atoms with Crippen molar-refractivity contribution in [3.8, 4) is 0 Å². The molecule has 0 aromatic carbocycles. The normalized spacial score (nSPS) is 12.2. The van der Waals surface area contributed by atoms with E-state index in [1.54, 1.807) is 7.11 Å². The largest absolute Gasteiger partial charge is 0.380 e. The molecule has 3 nitrogen and oxygen atoms in total. The minimum atomic E-state index is 0.200. The maximum Gasteiger partial charge on any atom is 0.166 e. The number of unbranched alkanes of at least 4 members (excludes halogenated alkanes) is 1. The van der Waals surface area contributed by atoms with Gasteiger partial charge >= 0.3 is 0 Å². The zero-order valence-corrected chi connectivity index (χ0v) is 9.54. The van der Waals surface area contributed by atoms with Crippen molar-refractivity contribution in [3.05, 3.63) is 0 Å². The van der Waals surface area contributed by atoms with E-state index in [0.717, 1.165) is 24.6 Å². The lowest BCUT2D eigenvalue weighted by atomic mass is 10.3. The van der Waals surface area contributed by atoms with Gasteiger partial charge in [-0.25, -0.2) is 0 Å². The van der Waals surface area contributed by atoms with Crippen LogP contribution in [0.15, 0.2) is 0 Å². The molecule has 0 saturated carbocycles. The van der Waals surface area contributed by atoms with Gasteiger partial charge in [0.15, 0.2) is 5.11 Å². The van der Waals surface area contributed by atoms with Crippen LogP contribution in [0, 0.1) is 0 Å². The second kappa shape index (κ2) is 8.26. The fourth-order valence-corrected chi connectivity index (χ4v) is 0.946. The Morgan fingerprint density at radius 3 is 2.69 bits per heavy atom. The number of nitrogens with one attached hydrogen (secondary N) is 2. The van der Waals surface area contributed by atoms with Crippen LogP contribution in [0.5, 0.6) is 0 Å². The number of hydrogen-bond donors (Lipinski definition) is 2. The highest BCUT2D eigenvalue weighted by Crippen LogP contribution is 1.85. The van der Waals surface area contributed by atoms with Crippen molar-refractivity contribution < 1.29 is 4.74 Å². The average Bonchev–Trinajstić information content (AvgIpc) is 2.14. The standard InChI is InChI=1S/C9H20N2OS/c1-4-5-6-10-9(13)11-7-8(2)12-3/h8H,4-7H2,1-3H3,(H2,10,11,13). The Morgan fingerprint density at radius 1 is 1.46 bits per heavy atom. The third kappa shape index (κ3) is 7.99. The van der Waals surface area contributed by atoms with Gasteiger partial charge in [-0.15, -0.1) is 0 Å². The third-order valence-electron chi connectivity index (χ3n) is 1.77. The van der Waals surface area contributed by atoms with Gasteiger partial charge < -0.3 is 15.4 Å². The molecule has 0 aromatic heterocycles. The Morgan fingerprint density at radius 2 is 2.15 bits per heavy atom. The zero-order chi connectivity index (χ0) is 10.1. The molecule has 1 atom stereocenters. The number of hydrogen-bond acceptors (Lipinski definition) is 2. The first-order valence-corrected chi connectivity index (χ1v) is 5.16. The molecule has 1 unspecified atom stereocenters. The molecule has 0 amide bonds. The highest BCUT2D eigenvalue weighted by Gasteiger charge is 1.99. The van der Waals surface area contributed by atoms with E-state index in [1.165, 1.54) is 6.42 Å². The molecule has 0 heterocycles. The number of thiocarbonyl (C=S) groups is 1. The SMILES string of the molecule is CCCCNC(=S)NCC(C)OC. The molecule has 4 heteroatoms. The van der Waals surface area contributed by atoms with E-state index >= 15 is 0 Å². The minimum Gasteiger partial charge on any atom is -0.380 e. The van der Waals surface area contributed by atoms with Crippen LogP contribution in [0.3, 0.4) is 0 Å². The molecular weight excluding hydrogens is 184 g/mol. The predicted octanol–water partition coefficient (Wildman–Crippen LogP) is 1.29. The van der Waals surface area contributed by atoms with Gasteiger partial charge in [0.2, 0.25) is 0 Å². The molecule has 2 N–H and O–H groups in total. The minimum absolute atomic E-state index is 0.200. The van der Waals surface area contributed by atoms with Gasteiger partial charge in [0, 0.05) is 20.2 Å². The summed E-state index contributed by atoms with van der Waals surface area (Å²) in [5, 5.41) is 6.94. The Labute approximate surface area is 86.2 Å². The summed E-state index contributed by atoms with van der Waals surface area (Å²) in [7, 11) is 1.69. The van der Waals surface area contributed by atoms with E-state index in [2.05, 4.69) is 17.6 Å². The molecule has 0 aliphatic carbocycles. The van der Waals surface area contributed by atoms with Gasteiger partial charge in [-0.3, -0.25) is 0 Å². The first-order chi connectivity index (χ1) is 6.20. The lowest BCUT2D eigenvalue weighted by molar-refractivity contribution is 0.121. The van der Waals surface area contributed by atoms with E-state index in [4.69, 9.17) is 17.0 Å². The lowest BCUT2D eigenvalue weighted by Crippen LogP contribution is -2.39. The number of ether oxygens (including phenoxy) is 1. The van der Waals surface area contributed by atoms with E-state index in [0.29, 0.717) is 0 Å². The smallest absolute Gasteiger partial charge is 0.166 e. The van der Waals surface area contributed by atoms with Crippen molar-refractivity contribution in [3.63, 3.8) is 0 Å². The van der Waals surface area contributed by atoms with Crippen molar-refractivity contribution in [1.82, 2.24) is 10.6 Å². The molecule has 78 valence electrons. The summed E-state index contributed by atoms with van der Waals surface area (Å²) in [6.07, 6.45) is 2.54. The van der Waals surface area contributed by atoms with Crippen LogP contribution in [0.2, 0.25) is 0 Å². The predicted molar refractivity (Wildman–Crippen MR) is 60.0 cm³/mol. The Bertz CT molecular complexity index is 142. The van der Waals surface area contributed by atoms with Gasteiger partial charge in [-0.05, 0) is 25.6 Å². The van der Waals surface area contributed by atoms with Gasteiger partial charge in [0.25, 0.3) is 0 Å². The highest BCUT2D eigenvalue weighted by atomic mass is 32.1. The average molecular weight is 204 g/mol. The fourth-order valence-electron chi connectivity index (χ4n) is 0.761. The fraction of sp³-hybridized carbons (Fsp3) is 0.889. The van der Waals surface area contributed by atoms with Gasteiger partial charge in [0.05, 0.1) is 6.10 Å². The zero-order valence-electron chi connectivity index (χ0n) is 8.72. The van der Waals surface area contributed by atoms with E-state index < -0.39 is 0 Å². The van der Waals surface area contributed by atoms with Crippen LogP contribution in [0.25, 0.3) is 0 Å². The van der Waals surface area contributed by atoms with Gasteiger partial charge in [-0.1, -0.05) is 13.3 Å². The molecular formula is C9H20N2OS. The first-order valence-electron chi connectivity index (χ1n) is 4.75. The van der Waals surface area contributed by atoms with Crippen molar-refractivity contribution in [2.45, 2.75) is 32.8 Å². The van der Waals surface area contributed by atoms with Gasteiger partial charge in [-0.2, -0.15) is 0 Å². The Balaban J connectivity index is 3.30. The van der Waals surface area contributed by atoms with Crippen LogP contribution in [0.4, 0.5) is 0 Å². The molecule has 0 spiro atoms. The highest BCUT2D eigenvalue weighted by molar-refractivity contribution is 7.80. The summed E-state index contributed by atoms with van der Waals surface area (Å²) in [5.41, 5.74) is 0. The van der Waals surface area contributed by atoms with Crippen LogP contribution in [-0.2, 0) is 4.74 Å². The summed E-state index contributed by atoms with van der Waals surface area (Å²) in [6.45, 7) is 5.87. The van der Waals surface area contributed by atoms with Crippen LogP contribution < -0.4 is 10.6 Å². The molecule has 0 aliphatic rings. The Kier molecular flexibility index (Phi) is 8.04. The summed E-state index contributed by atoms with van der Waals surface area (Å²) in [6, 6.07) is 0. The lowest BCUT2D eigenvalue weighted by Gasteiger charge is -2.13. The van der Waals surface area contributed by atoms with Crippen molar-refractivity contribution >= 4 is 17.3 Å². The molecule has 0 saturated heterocycles. The molecule has 0 fully saturated rings. The molecule has 0 aliphatic heterocycles. The molecule has 0 radical (unpaired) electrons. The van der Waals surface area contributed by atoms with E-state index in [1.807, 2.05) is 6.92 Å². The van der Waals surface area contributed by atoms with Gasteiger partial charge in [0.1, 0.15) is 0 Å². The van der Waals surface area contributed by atoms with Crippen LogP contribution >= 0.6 is 12.2 Å². The quantitative estimate of drug-likeness (QED) is 0.504. The Hall–Kier alpha value is -0.350. The summed E-state index contributed by atoms with van der Waals surface area (Å²) in [5.74, 6) is 0. The summed E-state index contributed by atoms with van der Waals surface area (Å²) < 4.78 is 5.08. The number of methoxy groups -OCH3 is 1. The first kappa shape index (κ1) is 12.7. The second-order valence-corrected chi connectivity index (χ2v) is 3.44. The summed E-state index contributed by atoms with van der Waals surface area (Å²) >= 11 is 5.06. The third-order valence-corrected chi connectivity index (χ3v) is 2.06. The van der Waals surface area contributed by atoms with Crippen molar-refractivity contribution in [1.29, 1.82) is 0 Å². The molecule has 0 aromatic rings. The number of rotatable bonds is 6. The monoisotopic (exact) mass is 204 g/mol. The second-order valence-electron chi connectivity index (χ2n) is 3.04. The van der Waals surface area contributed by atoms with Crippen molar-refractivity contribution in [2.24, 2.45) is 0 Å². The van der Waals surface area contributed by atoms with Crippen LogP contribution in [0.1, 0.15) is 26.7 Å². The maximum atomic E-state index is 5.08. The van der Waals surface area contributed by atoms with E-state index in [-0.39, 0.29) is 6.10 Å².